The first kappa shape index (κ1) is 11.7. The molecule has 0 spiro atoms. The van der Waals surface area contributed by atoms with E-state index in [4.69, 9.17) is 4.74 Å². The first-order valence-corrected chi connectivity index (χ1v) is 6.31. The number of ether oxygens (including phenoxy) is 1. The van der Waals surface area contributed by atoms with E-state index < -0.39 is 6.10 Å². The Hall–Kier alpha value is -0.750. The van der Waals surface area contributed by atoms with Gasteiger partial charge in [-0.1, -0.05) is 0 Å². The number of rotatable bonds is 3. The Kier molecular flexibility index (Phi) is 3.12. The summed E-state index contributed by atoms with van der Waals surface area (Å²) in [6.07, 6.45) is -0.651. The molecule has 0 radical (unpaired) electrons. The van der Waals surface area contributed by atoms with Gasteiger partial charge >= 0.3 is 5.97 Å². The molecule has 0 aliphatic carbocycles. The van der Waals surface area contributed by atoms with Gasteiger partial charge in [-0.15, -0.1) is 11.8 Å². The minimum Gasteiger partial charge on any atom is -0.465 e. The highest BCUT2D eigenvalue weighted by atomic mass is 32.2. The highest BCUT2D eigenvalue weighted by Gasteiger charge is 2.56. The van der Waals surface area contributed by atoms with Crippen molar-refractivity contribution in [3.05, 3.63) is 0 Å². The molecule has 16 heavy (non-hydrogen) atoms. The van der Waals surface area contributed by atoms with Crippen LogP contribution in [0, 0.1) is 5.92 Å². The number of hydrogen-bond acceptors (Lipinski definition) is 5. The monoisotopic (exact) mass is 245 g/mol. The maximum atomic E-state index is 11.6. The van der Waals surface area contributed by atoms with Crippen LogP contribution >= 0.6 is 11.8 Å². The predicted molar refractivity (Wildman–Crippen MR) is 58.7 cm³/mol. The lowest BCUT2D eigenvalue weighted by Gasteiger charge is -2.42. The summed E-state index contributed by atoms with van der Waals surface area (Å²) in [7, 11) is 0. The molecule has 90 valence electrons. The Labute approximate surface area is 98.1 Å². The quantitative estimate of drug-likeness (QED) is 0.552. The first-order valence-electron chi connectivity index (χ1n) is 5.37. The second-order valence-electron chi connectivity index (χ2n) is 4.02. The zero-order valence-corrected chi connectivity index (χ0v) is 10.1. The summed E-state index contributed by atoms with van der Waals surface area (Å²) in [5.74, 6) is -0.678. The number of aliphatic hydroxyl groups is 1. The zero-order valence-electron chi connectivity index (χ0n) is 9.25. The summed E-state index contributed by atoms with van der Waals surface area (Å²) in [4.78, 5) is 24.8. The molecule has 2 aliphatic heterocycles. The second-order valence-corrected chi connectivity index (χ2v) is 5.35. The molecular formula is C10H15NO4S. The molecule has 0 saturated carbocycles. The number of fused-ring (bicyclic) bond motifs is 1. The van der Waals surface area contributed by atoms with E-state index in [1.165, 1.54) is 11.8 Å². The Morgan fingerprint density at radius 3 is 3.00 bits per heavy atom. The van der Waals surface area contributed by atoms with Crippen molar-refractivity contribution in [2.45, 2.75) is 30.6 Å². The molecule has 0 aromatic heterocycles. The highest BCUT2D eigenvalue weighted by Crippen LogP contribution is 2.45. The molecule has 2 rings (SSSR count). The summed E-state index contributed by atoms with van der Waals surface area (Å²) in [6.45, 7) is 4.14. The predicted octanol–water partition coefficient (Wildman–Crippen LogP) is -0.170. The number of nitrogens with zero attached hydrogens (tertiary/aromatic N) is 1. The number of thioether (sulfide) groups is 1. The normalized spacial score (nSPS) is 34.3. The number of hydrogen-bond donors (Lipinski definition) is 1. The maximum absolute atomic E-state index is 11.6. The van der Waals surface area contributed by atoms with E-state index in [1.54, 1.807) is 18.7 Å². The maximum Gasteiger partial charge on any atom is 0.320 e. The van der Waals surface area contributed by atoms with Gasteiger partial charge < -0.3 is 14.7 Å². The lowest BCUT2D eigenvalue weighted by Crippen LogP contribution is -2.60. The number of carbonyl (C=O) groups is 2. The lowest BCUT2D eigenvalue weighted by molar-refractivity contribution is -0.155. The fourth-order valence-electron chi connectivity index (χ4n) is 2.10. The van der Waals surface area contributed by atoms with Gasteiger partial charge in [0.05, 0.1) is 24.0 Å². The van der Waals surface area contributed by atoms with Crippen molar-refractivity contribution in [3.8, 4) is 0 Å². The van der Waals surface area contributed by atoms with Crippen LogP contribution in [0.4, 0.5) is 0 Å². The lowest BCUT2D eigenvalue weighted by atomic mass is 9.93. The van der Waals surface area contributed by atoms with E-state index in [1.807, 2.05) is 0 Å². The van der Waals surface area contributed by atoms with E-state index >= 15 is 0 Å². The third kappa shape index (κ3) is 1.69. The zero-order chi connectivity index (χ0) is 11.9. The Morgan fingerprint density at radius 1 is 1.75 bits per heavy atom. The van der Waals surface area contributed by atoms with Gasteiger partial charge in [-0.2, -0.15) is 0 Å². The third-order valence-corrected chi connectivity index (χ3v) is 4.41. The van der Waals surface area contributed by atoms with Crippen molar-refractivity contribution in [1.82, 2.24) is 4.90 Å². The van der Waals surface area contributed by atoms with Crippen LogP contribution < -0.4 is 0 Å². The van der Waals surface area contributed by atoms with Crippen LogP contribution in [-0.2, 0) is 14.3 Å². The molecular weight excluding hydrogens is 230 g/mol. The number of β-lactam (4-membered cyclic amide) rings is 1. The SMILES string of the molecule is CCOC(=O)C1CN2C(=O)C(C(C)O)[C@H]2S1. The highest BCUT2D eigenvalue weighted by molar-refractivity contribution is 8.01. The Bertz CT molecular complexity index is 320. The van der Waals surface area contributed by atoms with Crippen molar-refractivity contribution >= 4 is 23.6 Å². The summed E-state index contributed by atoms with van der Waals surface area (Å²) in [5.41, 5.74) is 0. The van der Waals surface area contributed by atoms with E-state index in [9.17, 15) is 14.7 Å². The number of esters is 1. The van der Waals surface area contributed by atoms with Crippen LogP contribution in [0.15, 0.2) is 0 Å². The fourth-order valence-corrected chi connectivity index (χ4v) is 3.71. The molecule has 0 aromatic carbocycles. The van der Waals surface area contributed by atoms with Gasteiger partial charge in [-0.05, 0) is 13.8 Å². The van der Waals surface area contributed by atoms with Crippen LogP contribution in [0.5, 0.6) is 0 Å². The van der Waals surface area contributed by atoms with E-state index in [-0.39, 0.29) is 28.4 Å². The standard InChI is InChI=1S/C10H15NO4S/c1-3-15-10(14)6-4-11-8(13)7(5(2)12)9(11)16-6/h5-7,9,12H,3-4H2,1-2H3/t5?,6?,7?,9-/m1/s1. The smallest absolute Gasteiger partial charge is 0.320 e. The van der Waals surface area contributed by atoms with Gasteiger partial charge in [0, 0.05) is 6.54 Å². The summed E-state index contributed by atoms with van der Waals surface area (Å²) < 4.78 is 4.92. The molecule has 3 unspecified atom stereocenters. The second kappa shape index (κ2) is 4.25. The van der Waals surface area contributed by atoms with Gasteiger partial charge in [0.15, 0.2) is 0 Å². The molecule has 1 N–H and O–H groups in total. The Balaban J connectivity index is 1.98. The van der Waals surface area contributed by atoms with Crippen molar-refractivity contribution in [2.75, 3.05) is 13.2 Å². The van der Waals surface area contributed by atoms with E-state index in [0.717, 1.165) is 0 Å². The third-order valence-electron chi connectivity index (χ3n) is 2.92. The molecule has 4 atom stereocenters. The Morgan fingerprint density at radius 2 is 2.44 bits per heavy atom. The topological polar surface area (TPSA) is 66.8 Å². The van der Waals surface area contributed by atoms with Crippen molar-refractivity contribution < 1.29 is 19.4 Å². The molecule has 5 nitrogen and oxygen atoms in total. The van der Waals surface area contributed by atoms with Gasteiger partial charge in [0.25, 0.3) is 0 Å². The van der Waals surface area contributed by atoms with Crippen LogP contribution in [0.1, 0.15) is 13.8 Å². The molecule has 2 aliphatic rings. The molecule has 1 amide bonds. The molecule has 2 saturated heterocycles. The minimum atomic E-state index is -0.651. The van der Waals surface area contributed by atoms with Crippen LogP contribution in [0.25, 0.3) is 0 Å². The van der Waals surface area contributed by atoms with Crippen molar-refractivity contribution in [2.24, 2.45) is 5.92 Å². The number of aliphatic hydroxyl groups excluding tert-OH is 1. The van der Waals surface area contributed by atoms with Crippen LogP contribution in [0.3, 0.4) is 0 Å². The molecule has 0 bridgehead atoms. The molecule has 0 aromatic rings. The van der Waals surface area contributed by atoms with Crippen molar-refractivity contribution in [3.63, 3.8) is 0 Å². The van der Waals surface area contributed by atoms with Crippen LogP contribution in [-0.4, -0.2) is 51.8 Å². The van der Waals surface area contributed by atoms with Crippen LogP contribution in [0.2, 0.25) is 0 Å². The minimum absolute atomic E-state index is 0.0538. The average molecular weight is 245 g/mol. The van der Waals surface area contributed by atoms with E-state index in [2.05, 4.69) is 0 Å². The molecule has 2 fully saturated rings. The van der Waals surface area contributed by atoms with Gasteiger partial charge in [-0.25, -0.2) is 0 Å². The first-order chi connectivity index (χ1) is 7.56. The fraction of sp³-hybridized carbons (Fsp3) is 0.800. The average Bonchev–Trinajstić information content (AvgIpc) is 2.57. The summed E-state index contributed by atoms with van der Waals surface area (Å²) >= 11 is 1.42. The van der Waals surface area contributed by atoms with Gasteiger partial charge in [0.2, 0.25) is 5.91 Å². The number of carbonyl (C=O) groups excluding carboxylic acids is 2. The largest absolute Gasteiger partial charge is 0.465 e. The number of amides is 1. The summed E-state index contributed by atoms with van der Waals surface area (Å²) in [6, 6.07) is 0. The van der Waals surface area contributed by atoms with Gasteiger partial charge in [-0.3, -0.25) is 9.59 Å². The van der Waals surface area contributed by atoms with Crippen molar-refractivity contribution in [1.29, 1.82) is 0 Å². The van der Waals surface area contributed by atoms with Gasteiger partial charge in [0.1, 0.15) is 5.25 Å². The molecule has 2 heterocycles. The summed E-state index contributed by atoms with van der Waals surface area (Å²) in [5, 5.41) is 9.09. The van der Waals surface area contributed by atoms with E-state index in [0.29, 0.717) is 13.2 Å². The molecule has 6 heteroatoms.